The number of carbonyl (C=O) groups is 1. The van der Waals surface area contributed by atoms with Crippen LogP contribution in [0.15, 0.2) is 34.8 Å². The lowest BCUT2D eigenvalue weighted by atomic mass is 9.84. The number of nitrogens with zero attached hydrogens (tertiary/aromatic N) is 2. The molecule has 0 fully saturated rings. The van der Waals surface area contributed by atoms with Gasteiger partial charge in [-0.2, -0.15) is 0 Å². The van der Waals surface area contributed by atoms with Gasteiger partial charge in [0.15, 0.2) is 11.5 Å². The molecule has 4 aliphatic rings. The van der Waals surface area contributed by atoms with Crippen LogP contribution in [0.3, 0.4) is 0 Å². The normalized spacial score (nSPS) is 25.7. The van der Waals surface area contributed by atoms with E-state index >= 15 is 0 Å². The van der Waals surface area contributed by atoms with E-state index in [0.29, 0.717) is 23.8 Å². The molecule has 0 saturated carbocycles. The molecule has 2 aromatic rings. The number of amides is 2. The van der Waals surface area contributed by atoms with Crippen LogP contribution in [0.25, 0.3) is 0 Å². The number of benzene rings is 1. The highest BCUT2D eigenvalue weighted by Crippen LogP contribution is 2.53. The van der Waals surface area contributed by atoms with Crippen molar-refractivity contribution in [2.45, 2.75) is 24.1 Å². The van der Waals surface area contributed by atoms with Crippen molar-refractivity contribution in [3.63, 3.8) is 0 Å². The molecule has 0 aliphatic carbocycles. The molecule has 154 valence electrons. The molecule has 0 bridgehead atoms. The van der Waals surface area contributed by atoms with Crippen molar-refractivity contribution in [2.24, 2.45) is 0 Å². The molecule has 1 aromatic carbocycles. The van der Waals surface area contributed by atoms with Crippen molar-refractivity contribution in [3.05, 3.63) is 51.7 Å². The Balaban J connectivity index is 1.46. The number of hydrogen-bond donors (Lipinski definition) is 1. The van der Waals surface area contributed by atoms with Gasteiger partial charge in [-0.3, -0.25) is 9.88 Å². The van der Waals surface area contributed by atoms with Crippen molar-refractivity contribution in [1.82, 2.24) is 10.3 Å². The van der Waals surface area contributed by atoms with E-state index in [1.165, 1.54) is 0 Å². The molecule has 9 heteroatoms. The molecule has 2 amide bonds. The van der Waals surface area contributed by atoms with Gasteiger partial charge in [-0.15, -0.1) is 11.8 Å². The second-order valence-corrected chi connectivity index (χ2v) is 9.68. The molecule has 5 heterocycles. The molecular formula is C21H18ClN3O4S. The van der Waals surface area contributed by atoms with Gasteiger partial charge in [0.1, 0.15) is 17.9 Å². The zero-order valence-corrected chi connectivity index (χ0v) is 17.7. The molecule has 2 atom stereocenters. The van der Waals surface area contributed by atoms with E-state index in [0.717, 1.165) is 33.3 Å². The number of fused-ring (bicyclic) bond motifs is 5. The largest absolute Gasteiger partial charge is 0.490 e. The number of aromatic nitrogens is 1. The summed E-state index contributed by atoms with van der Waals surface area (Å²) < 4.78 is 18.1. The Hall–Kier alpha value is -2.58. The highest BCUT2D eigenvalue weighted by atomic mass is 35.5. The van der Waals surface area contributed by atoms with E-state index in [1.54, 1.807) is 22.9 Å². The molecular weight excluding hydrogens is 426 g/mol. The van der Waals surface area contributed by atoms with Crippen LogP contribution in [0.1, 0.15) is 23.2 Å². The van der Waals surface area contributed by atoms with Crippen LogP contribution in [-0.2, 0) is 5.54 Å². The van der Waals surface area contributed by atoms with Gasteiger partial charge in [-0.1, -0.05) is 17.7 Å². The number of nitrogens with one attached hydrogen (secondary N) is 1. The first-order valence-electron chi connectivity index (χ1n) is 9.71. The average molecular weight is 444 g/mol. The predicted molar refractivity (Wildman–Crippen MR) is 114 cm³/mol. The van der Waals surface area contributed by atoms with Crippen LogP contribution in [-0.4, -0.2) is 36.2 Å². The Kier molecular flexibility index (Phi) is 3.92. The van der Waals surface area contributed by atoms with Gasteiger partial charge in [0.05, 0.1) is 15.7 Å². The lowest BCUT2D eigenvalue weighted by molar-refractivity contribution is 0.172. The predicted octanol–water partition coefficient (Wildman–Crippen LogP) is 3.87. The van der Waals surface area contributed by atoms with E-state index in [4.69, 9.17) is 30.8 Å². The third-order valence-corrected chi connectivity index (χ3v) is 7.48. The first kappa shape index (κ1) is 18.2. The molecule has 30 heavy (non-hydrogen) atoms. The molecule has 2 unspecified atom stereocenters. The first-order chi connectivity index (χ1) is 14.6. The summed E-state index contributed by atoms with van der Waals surface area (Å²) in [6.45, 7) is 2.93. The SMILES string of the molecule is Cc1c2c(cc3c1OCC31NC(=O)N(CC3CC=C(Cl)S3)c3cccnc31)OCO2. The lowest BCUT2D eigenvalue weighted by Gasteiger charge is -2.40. The molecule has 1 spiro atoms. The van der Waals surface area contributed by atoms with Gasteiger partial charge in [-0.25, -0.2) is 4.79 Å². The number of thioether (sulfide) groups is 1. The van der Waals surface area contributed by atoms with E-state index in [2.05, 4.69) is 5.32 Å². The van der Waals surface area contributed by atoms with Crippen molar-refractivity contribution in [1.29, 1.82) is 0 Å². The maximum absolute atomic E-state index is 13.3. The van der Waals surface area contributed by atoms with E-state index < -0.39 is 5.54 Å². The van der Waals surface area contributed by atoms with Gasteiger partial charge in [0.25, 0.3) is 0 Å². The number of rotatable bonds is 2. The summed E-state index contributed by atoms with van der Waals surface area (Å²) in [6, 6.07) is 5.52. The zero-order valence-electron chi connectivity index (χ0n) is 16.1. The van der Waals surface area contributed by atoms with Crippen LogP contribution in [0.5, 0.6) is 17.2 Å². The lowest BCUT2D eigenvalue weighted by Crippen LogP contribution is -2.59. The summed E-state index contributed by atoms with van der Waals surface area (Å²) in [5.74, 6) is 2.07. The van der Waals surface area contributed by atoms with Gasteiger partial charge >= 0.3 is 6.03 Å². The Morgan fingerprint density at radius 3 is 3.10 bits per heavy atom. The van der Waals surface area contributed by atoms with Crippen LogP contribution in [0.2, 0.25) is 0 Å². The number of ether oxygens (including phenoxy) is 3. The summed E-state index contributed by atoms with van der Waals surface area (Å²) in [5.41, 5.74) is 2.40. The summed E-state index contributed by atoms with van der Waals surface area (Å²) >= 11 is 7.72. The van der Waals surface area contributed by atoms with Crippen molar-refractivity contribution >= 4 is 35.1 Å². The van der Waals surface area contributed by atoms with Crippen molar-refractivity contribution < 1.29 is 19.0 Å². The van der Waals surface area contributed by atoms with Crippen LogP contribution >= 0.6 is 23.4 Å². The fourth-order valence-electron chi connectivity index (χ4n) is 4.59. The van der Waals surface area contributed by atoms with E-state index in [9.17, 15) is 4.79 Å². The number of anilines is 1. The Labute approximate surface area is 182 Å². The summed E-state index contributed by atoms with van der Waals surface area (Å²) in [7, 11) is 0. The Bertz CT molecular complexity index is 1120. The van der Waals surface area contributed by atoms with E-state index in [-0.39, 0.29) is 24.7 Å². The molecule has 1 N–H and O–H groups in total. The number of hydrogen-bond acceptors (Lipinski definition) is 6. The summed E-state index contributed by atoms with van der Waals surface area (Å²) in [5, 5.41) is 3.42. The van der Waals surface area contributed by atoms with Gasteiger partial charge in [-0.05, 0) is 31.5 Å². The first-order valence-corrected chi connectivity index (χ1v) is 11.0. The molecule has 7 nitrogen and oxygen atoms in total. The Morgan fingerprint density at radius 1 is 1.37 bits per heavy atom. The van der Waals surface area contributed by atoms with Gasteiger partial charge in [0, 0.05) is 29.1 Å². The average Bonchev–Trinajstić information content (AvgIpc) is 3.46. The number of pyridine rings is 1. The topological polar surface area (TPSA) is 72.9 Å². The van der Waals surface area contributed by atoms with Crippen LogP contribution in [0, 0.1) is 6.92 Å². The zero-order chi connectivity index (χ0) is 20.5. The minimum absolute atomic E-state index is 0.175. The third kappa shape index (κ3) is 2.46. The summed E-state index contributed by atoms with van der Waals surface area (Å²) in [6.07, 6.45) is 4.58. The van der Waals surface area contributed by atoms with Crippen LogP contribution < -0.4 is 24.4 Å². The second-order valence-electron chi connectivity index (χ2n) is 7.70. The number of carbonyl (C=O) groups excluding carboxylic acids is 1. The quantitative estimate of drug-likeness (QED) is 0.759. The smallest absolute Gasteiger partial charge is 0.323 e. The maximum Gasteiger partial charge on any atom is 0.323 e. The second kappa shape index (κ2) is 6.46. The number of halogens is 1. The fourth-order valence-corrected chi connectivity index (χ4v) is 5.98. The molecule has 0 saturated heterocycles. The minimum Gasteiger partial charge on any atom is -0.490 e. The van der Waals surface area contributed by atoms with Crippen LogP contribution in [0.4, 0.5) is 10.5 Å². The summed E-state index contributed by atoms with van der Waals surface area (Å²) in [4.78, 5) is 19.8. The standard InChI is InChI=1S/C21H18ClN3O4S/c1-11-17-13(7-15-18(11)29-10-28-15)21(9-27-17)19-14(3-2-6-23-19)25(20(26)24-21)8-12-4-5-16(22)30-12/h2-3,5-7,12H,4,8-10H2,1H3,(H,24,26). The Morgan fingerprint density at radius 2 is 2.27 bits per heavy atom. The number of allylic oxidation sites excluding steroid dienone is 1. The monoisotopic (exact) mass is 443 g/mol. The molecule has 0 radical (unpaired) electrons. The molecule has 4 aliphatic heterocycles. The van der Waals surface area contributed by atoms with Gasteiger partial charge in [0.2, 0.25) is 6.79 Å². The number of urea groups is 1. The fraction of sp³-hybridized carbons (Fsp3) is 0.333. The van der Waals surface area contributed by atoms with Crippen molar-refractivity contribution in [2.75, 3.05) is 24.8 Å². The third-order valence-electron chi connectivity index (χ3n) is 5.99. The van der Waals surface area contributed by atoms with Crippen molar-refractivity contribution in [3.8, 4) is 17.2 Å². The highest BCUT2D eigenvalue weighted by molar-refractivity contribution is 8.05. The molecule has 6 rings (SSSR count). The van der Waals surface area contributed by atoms with Gasteiger partial charge < -0.3 is 19.5 Å². The minimum atomic E-state index is -0.871. The highest BCUT2D eigenvalue weighted by Gasteiger charge is 2.52. The maximum atomic E-state index is 13.3. The van der Waals surface area contributed by atoms with E-state index in [1.807, 2.05) is 31.2 Å². The molecule has 1 aromatic heterocycles.